The van der Waals surface area contributed by atoms with Crippen molar-refractivity contribution in [3.63, 3.8) is 0 Å². The fraction of sp³-hybridized carbons (Fsp3) is 0. The van der Waals surface area contributed by atoms with Gasteiger partial charge in [-0.15, -0.1) is 0 Å². The molecule has 0 amide bonds. The third-order valence-electron chi connectivity index (χ3n) is 1.37. The molecule has 0 fully saturated rings. The molecule has 1 aromatic carbocycles. The molecule has 0 N–H and O–H groups in total. The summed E-state index contributed by atoms with van der Waals surface area (Å²) in [4.78, 5) is 2.11. The fourth-order valence-corrected chi connectivity index (χ4v) is 1.13. The molecule has 15 heavy (non-hydrogen) atoms. The van der Waals surface area contributed by atoms with E-state index in [-0.39, 0.29) is 0 Å². The van der Waals surface area contributed by atoms with Crippen molar-refractivity contribution >= 4 is 16.4 Å². The average Bonchev–Trinajstić information content (AvgIpc) is 2.19. The molecule has 1 aromatic rings. The Morgan fingerprint density at radius 3 is 2.60 bits per heavy atom. The number of hydrogen-bond acceptors (Lipinski definition) is 3. The summed E-state index contributed by atoms with van der Waals surface area (Å²) in [6.07, 6.45) is 2.38. The van der Waals surface area contributed by atoms with E-state index in [0.717, 1.165) is 11.8 Å². The molecule has 78 valence electrons. The highest BCUT2D eigenvalue weighted by Gasteiger charge is 2.03. The predicted molar refractivity (Wildman–Crippen MR) is 54.6 cm³/mol. The van der Waals surface area contributed by atoms with Crippen molar-refractivity contribution in [3.05, 3.63) is 52.6 Å². The minimum atomic E-state index is -4.18. The van der Waals surface area contributed by atoms with Gasteiger partial charge < -0.3 is 4.18 Å². The van der Waals surface area contributed by atoms with Crippen molar-refractivity contribution < 1.29 is 12.6 Å². The van der Waals surface area contributed by atoms with Crippen LogP contribution in [0.25, 0.3) is 16.5 Å². The Morgan fingerprint density at radius 1 is 1.33 bits per heavy atom. The van der Waals surface area contributed by atoms with Gasteiger partial charge >= 0.3 is 10.3 Å². The lowest BCUT2D eigenvalue weighted by Crippen LogP contribution is -1.93. The van der Waals surface area contributed by atoms with Crippen LogP contribution in [0.15, 0.2) is 41.1 Å². The lowest BCUT2D eigenvalue weighted by Gasteiger charge is -1.93. The Morgan fingerprint density at radius 2 is 2.00 bits per heavy atom. The molecule has 1 rings (SSSR count). The van der Waals surface area contributed by atoms with Crippen LogP contribution in [0.1, 0.15) is 5.56 Å². The van der Waals surface area contributed by atoms with E-state index in [9.17, 15) is 8.42 Å². The van der Waals surface area contributed by atoms with Crippen LogP contribution in [0.5, 0.6) is 0 Å². The minimum absolute atomic E-state index is 0.772. The van der Waals surface area contributed by atoms with E-state index in [1.807, 2.05) is 6.07 Å². The number of rotatable bonds is 4. The summed E-state index contributed by atoms with van der Waals surface area (Å²) in [6, 6.07) is 8.94. The predicted octanol–water partition coefficient (Wildman–Crippen LogP) is 2.23. The summed E-state index contributed by atoms with van der Waals surface area (Å²) in [6.45, 7) is 0. The Kier molecular flexibility index (Phi) is 3.73. The number of hydrogen-bond donors (Lipinski definition) is 0. The molecule has 0 saturated heterocycles. The quantitative estimate of drug-likeness (QED) is 0.340. The zero-order valence-corrected chi connectivity index (χ0v) is 8.33. The summed E-state index contributed by atoms with van der Waals surface area (Å²) >= 11 is 0. The van der Waals surface area contributed by atoms with Crippen molar-refractivity contribution in [1.82, 2.24) is 0 Å². The first-order valence-corrected chi connectivity index (χ1v) is 5.22. The molecule has 0 saturated carbocycles. The maximum Gasteiger partial charge on any atom is 0.402 e. The second-order valence-electron chi connectivity index (χ2n) is 2.41. The van der Waals surface area contributed by atoms with Gasteiger partial charge in [-0.05, 0) is 17.2 Å². The van der Waals surface area contributed by atoms with Crippen LogP contribution in [0.3, 0.4) is 0 Å². The first-order chi connectivity index (χ1) is 7.14. The first kappa shape index (κ1) is 11.1. The first-order valence-electron chi connectivity index (χ1n) is 3.85. The van der Waals surface area contributed by atoms with Gasteiger partial charge in [0, 0.05) is 4.91 Å². The van der Waals surface area contributed by atoms with Gasteiger partial charge in [-0.3, -0.25) is 0 Å². The summed E-state index contributed by atoms with van der Waals surface area (Å²) < 4.78 is 28.2. The highest BCUT2D eigenvalue weighted by atomic mass is 32.2. The molecular formula is C8H7N3O3S. The van der Waals surface area contributed by atoms with E-state index in [2.05, 4.69) is 13.6 Å². The molecule has 0 aromatic heterocycles. The largest absolute Gasteiger partial charge is 0.402 e. The number of azide groups is 1. The zero-order chi connectivity index (χ0) is 11.1. The molecule has 0 aliphatic heterocycles. The zero-order valence-electron chi connectivity index (χ0n) is 7.52. The van der Waals surface area contributed by atoms with Gasteiger partial charge in [-0.25, -0.2) is 0 Å². The van der Waals surface area contributed by atoms with E-state index in [0.29, 0.717) is 0 Å². The van der Waals surface area contributed by atoms with Crippen LogP contribution < -0.4 is 0 Å². The highest BCUT2D eigenvalue weighted by molar-refractivity contribution is 7.85. The summed E-state index contributed by atoms with van der Waals surface area (Å²) in [5.74, 6) is 0. The Hall–Kier alpha value is -1.98. The number of benzene rings is 1. The maximum absolute atomic E-state index is 10.7. The molecule has 0 aliphatic rings. The van der Waals surface area contributed by atoms with E-state index in [4.69, 9.17) is 5.53 Å². The van der Waals surface area contributed by atoms with Crippen molar-refractivity contribution in [1.29, 1.82) is 0 Å². The van der Waals surface area contributed by atoms with Crippen LogP contribution in [-0.2, 0) is 14.5 Å². The molecular weight excluding hydrogens is 218 g/mol. The molecule has 0 unspecified atom stereocenters. The van der Waals surface area contributed by atoms with E-state index in [1.165, 1.54) is 6.08 Å². The standard InChI is InChI=1S/C8H7N3O3S/c9-10-11-15(12,13)14-7-6-8-4-2-1-3-5-8/h1-7H. The van der Waals surface area contributed by atoms with Crippen molar-refractivity contribution in [2.75, 3.05) is 0 Å². The fourth-order valence-electron chi connectivity index (χ4n) is 0.805. The van der Waals surface area contributed by atoms with Gasteiger partial charge in [0.2, 0.25) is 0 Å². The monoisotopic (exact) mass is 225 g/mol. The second-order valence-corrected chi connectivity index (χ2v) is 3.62. The van der Waals surface area contributed by atoms with Crippen LogP contribution in [-0.4, -0.2) is 8.42 Å². The normalized spacial score (nSPS) is 10.9. The lowest BCUT2D eigenvalue weighted by atomic mass is 10.2. The molecule has 6 nitrogen and oxygen atoms in total. The summed E-state index contributed by atoms with van der Waals surface area (Å²) in [7, 11) is -4.18. The van der Waals surface area contributed by atoms with Crippen molar-refractivity contribution in [2.45, 2.75) is 0 Å². The van der Waals surface area contributed by atoms with Crippen LogP contribution in [0.4, 0.5) is 0 Å². The third-order valence-corrected chi connectivity index (χ3v) is 2.00. The Labute approximate surface area is 86.7 Å². The Bertz CT molecular complexity index is 489. The van der Waals surface area contributed by atoms with Gasteiger partial charge in [0.15, 0.2) is 0 Å². The van der Waals surface area contributed by atoms with Crippen LogP contribution in [0.2, 0.25) is 0 Å². The highest BCUT2D eigenvalue weighted by Crippen LogP contribution is 2.03. The van der Waals surface area contributed by atoms with Crippen molar-refractivity contribution in [2.24, 2.45) is 4.52 Å². The molecule has 7 heteroatoms. The van der Waals surface area contributed by atoms with Crippen molar-refractivity contribution in [3.8, 4) is 0 Å². The minimum Gasteiger partial charge on any atom is -0.385 e. The van der Waals surface area contributed by atoms with Crippen LogP contribution >= 0.6 is 0 Å². The van der Waals surface area contributed by atoms with E-state index >= 15 is 0 Å². The molecule has 0 spiro atoms. The maximum atomic E-state index is 10.7. The third kappa shape index (κ3) is 4.17. The molecule has 0 atom stereocenters. The molecule has 0 radical (unpaired) electrons. The van der Waals surface area contributed by atoms with E-state index in [1.54, 1.807) is 24.3 Å². The van der Waals surface area contributed by atoms with Gasteiger partial charge in [0.05, 0.1) is 4.52 Å². The molecule has 0 aliphatic carbocycles. The number of nitrogens with zero attached hydrogens (tertiary/aromatic N) is 3. The molecule has 0 bridgehead atoms. The van der Waals surface area contributed by atoms with Gasteiger partial charge in [-0.2, -0.15) is 8.42 Å². The average molecular weight is 225 g/mol. The van der Waals surface area contributed by atoms with Gasteiger partial charge in [0.1, 0.15) is 6.26 Å². The smallest absolute Gasteiger partial charge is 0.385 e. The SMILES string of the molecule is [N-]=[N+]=NS(=O)(=O)OC=Cc1ccccc1. The van der Waals surface area contributed by atoms with Gasteiger partial charge in [-0.1, -0.05) is 30.3 Å². The summed E-state index contributed by atoms with van der Waals surface area (Å²) in [5.41, 5.74) is 8.67. The summed E-state index contributed by atoms with van der Waals surface area (Å²) in [5, 5.41) is 0. The topological polar surface area (TPSA) is 92.1 Å². The van der Waals surface area contributed by atoms with E-state index < -0.39 is 10.3 Å². The Balaban J connectivity index is 2.66. The second kappa shape index (κ2) is 5.04. The molecule has 0 heterocycles. The van der Waals surface area contributed by atoms with Crippen LogP contribution in [0, 0.1) is 0 Å². The van der Waals surface area contributed by atoms with Gasteiger partial charge in [0.25, 0.3) is 0 Å². The lowest BCUT2D eigenvalue weighted by molar-refractivity contribution is 0.447.